The van der Waals surface area contributed by atoms with Gasteiger partial charge in [0.1, 0.15) is 5.82 Å². The molecule has 1 aromatic rings. The van der Waals surface area contributed by atoms with Crippen LogP contribution in [-0.4, -0.2) is 25.3 Å². The van der Waals surface area contributed by atoms with Gasteiger partial charge in [0.15, 0.2) is 0 Å². The highest BCUT2D eigenvalue weighted by atomic mass is 32.2. The van der Waals surface area contributed by atoms with Crippen molar-refractivity contribution in [2.75, 3.05) is 6.54 Å². The SMILES string of the molecule is CC1CCCCN1S(=O)(=O)c1ccc(F)cc1. The third-order valence-corrected chi connectivity index (χ3v) is 5.19. The first-order valence-electron chi connectivity index (χ1n) is 5.79. The Morgan fingerprint density at radius 3 is 2.47 bits per heavy atom. The van der Waals surface area contributed by atoms with E-state index in [9.17, 15) is 12.8 Å². The molecule has 1 aromatic carbocycles. The van der Waals surface area contributed by atoms with Gasteiger partial charge in [-0.15, -0.1) is 0 Å². The van der Waals surface area contributed by atoms with Crippen LogP contribution >= 0.6 is 0 Å². The molecule has 0 spiro atoms. The lowest BCUT2D eigenvalue weighted by Gasteiger charge is -2.32. The standard InChI is InChI=1S/C12H16FNO2S/c1-10-4-2-3-9-14(10)17(15,16)12-7-5-11(13)6-8-12/h5-8,10H,2-4,9H2,1H3. The van der Waals surface area contributed by atoms with Gasteiger partial charge < -0.3 is 0 Å². The van der Waals surface area contributed by atoms with Gasteiger partial charge in [0.25, 0.3) is 0 Å². The summed E-state index contributed by atoms with van der Waals surface area (Å²) in [5.74, 6) is -0.421. The molecule has 1 aliphatic heterocycles. The zero-order valence-electron chi connectivity index (χ0n) is 9.77. The second-order valence-electron chi connectivity index (χ2n) is 4.41. The molecule has 1 unspecified atom stereocenters. The Hall–Kier alpha value is -0.940. The first-order chi connectivity index (χ1) is 8.01. The van der Waals surface area contributed by atoms with Crippen molar-refractivity contribution in [3.05, 3.63) is 30.1 Å². The minimum absolute atomic E-state index is 0.0267. The fourth-order valence-corrected chi connectivity index (χ4v) is 3.87. The lowest BCUT2D eigenvalue weighted by Crippen LogP contribution is -2.41. The van der Waals surface area contributed by atoms with Crippen molar-refractivity contribution in [2.24, 2.45) is 0 Å². The molecule has 1 fully saturated rings. The number of hydrogen-bond donors (Lipinski definition) is 0. The smallest absolute Gasteiger partial charge is 0.207 e. The summed E-state index contributed by atoms with van der Waals surface area (Å²) < 4.78 is 38.9. The molecule has 1 saturated heterocycles. The number of nitrogens with zero attached hydrogens (tertiary/aromatic N) is 1. The topological polar surface area (TPSA) is 37.4 Å². The highest BCUT2D eigenvalue weighted by molar-refractivity contribution is 7.89. The van der Waals surface area contributed by atoms with Gasteiger partial charge in [0.2, 0.25) is 10.0 Å². The van der Waals surface area contributed by atoms with Gasteiger partial charge in [-0.2, -0.15) is 4.31 Å². The van der Waals surface area contributed by atoms with E-state index >= 15 is 0 Å². The normalized spacial score (nSPS) is 22.6. The van der Waals surface area contributed by atoms with E-state index in [2.05, 4.69) is 0 Å². The zero-order valence-corrected chi connectivity index (χ0v) is 10.6. The van der Waals surface area contributed by atoms with E-state index < -0.39 is 15.8 Å². The van der Waals surface area contributed by atoms with E-state index in [-0.39, 0.29) is 10.9 Å². The Bertz CT molecular complexity index is 484. The quantitative estimate of drug-likeness (QED) is 0.815. The molecule has 0 bridgehead atoms. The average Bonchev–Trinajstić information content (AvgIpc) is 2.30. The maximum atomic E-state index is 12.8. The summed E-state index contributed by atoms with van der Waals surface area (Å²) in [6.45, 7) is 2.47. The molecular formula is C12H16FNO2S. The number of sulfonamides is 1. The molecule has 0 aliphatic carbocycles. The lowest BCUT2D eigenvalue weighted by molar-refractivity contribution is 0.268. The number of halogens is 1. The van der Waals surface area contributed by atoms with E-state index in [0.717, 1.165) is 19.3 Å². The second-order valence-corrected chi connectivity index (χ2v) is 6.31. The molecule has 2 rings (SSSR count). The van der Waals surface area contributed by atoms with Crippen LogP contribution in [0.1, 0.15) is 26.2 Å². The Labute approximate surface area is 101 Å². The minimum atomic E-state index is -3.46. The van der Waals surface area contributed by atoms with Crippen LogP contribution < -0.4 is 0 Å². The molecular weight excluding hydrogens is 241 g/mol. The Balaban J connectivity index is 2.32. The van der Waals surface area contributed by atoms with Crippen molar-refractivity contribution in [1.29, 1.82) is 0 Å². The van der Waals surface area contributed by atoms with Crippen molar-refractivity contribution in [3.63, 3.8) is 0 Å². The summed E-state index contributed by atoms with van der Waals surface area (Å²) in [6, 6.07) is 5.04. The van der Waals surface area contributed by atoms with Gasteiger partial charge in [-0.05, 0) is 44.0 Å². The van der Waals surface area contributed by atoms with Gasteiger partial charge in [-0.3, -0.25) is 0 Å². The molecule has 0 aromatic heterocycles. The first kappa shape index (κ1) is 12.5. The maximum Gasteiger partial charge on any atom is 0.243 e. The van der Waals surface area contributed by atoms with Gasteiger partial charge in [-0.1, -0.05) is 6.42 Å². The van der Waals surface area contributed by atoms with Crippen LogP contribution in [0, 0.1) is 5.82 Å². The van der Waals surface area contributed by atoms with Gasteiger partial charge in [-0.25, -0.2) is 12.8 Å². The highest BCUT2D eigenvalue weighted by Gasteiger charge is 2.30. The molecule has 17 heavy (non-hydrogen) atoms. The van der Waals surface area contributed by atoms with Crippen LogP contribution in [0.2, 0.25) is 0 Å². The largest absolute Gasteiger partial charge is 0.243 e. The monoisotopic (exact) mass is 257 g/mol. The summed E-state index contributed by atoms with van der Waals surface area (Å²) in [4.78, 5) is 0.174. The van der Waals surface area contributed by atoms with E-state index in [0.29, 0.717) is 6.54 Å². The molecule has 1 heterocycles. The van der Waals surface area contributed by atoms with Gasteiger partial charge in [0, 0.05) is 12.6 Å². The maximum absolute atomic E-state index is 12.8. The number of rotatable bonds is 2. The van der Waals surface area contributed by atoms with Crippen LogP contribution in [0.4, 0.5) is 4.39 Å². The molecule has 0 N–H and O–H groups in total. The number of hydrogen-bond acceptors (Lipinski definition) is 2. The van der Waals surface area contributed by atoms with Gasteiger partial charge >= 0.3 is 0 Å². The van der Waals surface area contributed by atoms with Crippen LogP contribution in [0.25, 0.3) is 0 Å². The van der Waals surface area contributed by atoms with Crippen molar-refractivity contribution in [3.8, 4) is 0 Å². The van der Waals surface area contributed by atoms with E-state index in [1.807, 2.05) is 6.92 Å². The van der Waals surface area contributed by atoms with Crippen LogP contribution in [-0.2, 0) is 10.0 Å². The van der Waals surface area contributed by atoms with E-state index in [1.165, 1.54) is 28.6 Å². The van der Waals surface area contributed by atoms with Crippen LogP contribution in [0.3, 0.4) is 0 Å². The van der Waals surface area contributed by atoms with Crippen LogP contribution in [0.15, 0.2) is 29.2 Å². The Kier molecular flexibility index (Phi) is 3.49. The fourth-order valence-electron chi connectivity index (χ4n) is 2.17. The third kappa shape index (κ3) is 2.50. The van der Waals surface area contributed by atoms with Gasteiger partial charge in [0.05, 0.1) is 4.90 Å². The molecule has 0 radical (unpaired) electrons. The van der Waals surface area contributed by atoms with E-state index in [4.69, 9.17) is 0 Å². The number of piperidine rings is 1. The zero-order chi connectivity index (χ0) is 12.5. The molecule has 1 aliphatic rings. The average molecular weight is 257 g/mol. The second kappa shape index (κ2) is 4.74. The molecule has 1 atom stereocenters. The Morgan fingerprint density at radius 2 is 1.88 bits per heavy atom. The van der Waals surface area contributed by atoms with E-state index in [1.54, 1.807) is 0 Å². The molecule has 0 amide bonds. The fraction of sp³-hybridized carbons (Fsp3) is 0.500. The highest BCUT2D eigenvalue weighted by Crippen LogP contribution is 2.24. The summed E-state index contributed by atoms with van der Waals surface area (Å²) in [6.07, 6.45) is 2.85. The predicted octanol–water partition coefficient (Wildman–Crippen LogP) is 2.39. The van der Waals surface area contributed by atoms with Crippen molar-refractivity contribution < 1.29 is 12.8 Å². The molecule has 94 valence electrons. The molecule has 5 heteroatoms. The minimum Gasteiger partial charge on any atom is -0.207 e. The summed E-state index contributed by atoms with van der Waals surface area (Å²) in [5.41, 5.74) is 0. The summed E-state index contributed by atoms with van der Waals surface area (Å²) >= 11 is 0. The van der Waals surface area contributed by atoms with Crippen molar-refractivity contribution in [2.45, 2.75) is 37.1 Å². The first-order valence-corrected chi connectivity index (χ1v) is 7.23. The lowest BCUT2D eigenvalue weighted by atomic mass is 10.1. The molecule has 0 saturated carbocycles. The van der Waals surface area contributed by atoms with Crippen molar-refractivity contribution >= 4 is 10.0 Å². The summed E-state index contributed by atoms with van der Waals surface area (Å²) in [5, 5.41) is 0. The Morgan fingerprint density at radius 1 is 1.24 bits per heavy atom. The van der Waals surface area contributed by atoms with Crippen molar-refractivity contribution in [1.82, 2.24) is 4.31 Å². The third-order valence-electron chi connectivity index (χ3n) is 3.16. The molecule has 3 nitrogen and oxygen atoms in total. The number of benzene rings is 1. The predicted molar refractivity (Wildman–Crippen MR) is 63.6 cm³/mol. The van der Waals surface area contributed by atoms with Crippen LogP contribution in [0.5, 0.6) is 0 Å². The summed E-state index contributed by atoms with van der Waals surface area (Å²) in [7, 11) is -3.46.